The Morgan fingerprint density at radius 1 is 1.33 bits per heavy atom. The minimum absolute atomic E-state index is 0.369. The highest BCUT2D eigenvalue weighted by Crippen LogP contribution is 2.18. The second-order valence-corrected chi connectivity index (χ2v) is 3.80. The summed E-state index contributed by atoms with van der Waals surface area (Å²) in [7, 11) is 0. The van der Waals surface area contributed by atoms with Gasteiger partial charge in [-0.25, -0.2) is 0 Å². The lowest BCUT2D eigenvalue weighted by atomic mass is 10.1. The van der Waals surface area contributed by atoms with Crippen LogP contribution in [0.1, 0.15) is 35.7 Å². The number of ether oxygens (including phenoxy) is 2. The summed E-state index contributed by atoms with van der Waals surface area (Å²) in [4.78, 5) is 10.6. The van der Waals surface area contributed by atoms with Crippen molar-refractivity contribution in [2.24, 2.45) is 0 Å². The van der Waals surface area contributed by atoms with Gasteiger partial charge in [-0.2, -0.15) is 5.26 Å². The molecule has 1 aromatic carbocycles. The van der Waals surface area contributed by atoms with Crippen LogP contribution in [0.2, 0.25) is 0 Å². The first-order chi connectivity index (χ1) is 8.81. The Kier molecular flexibility index (Phi) is 6.52. The Hall–Kier alpha value is -1.86. The summed E-state index contributed by atoms with van der Waals surface area (Å²) in [5.74, 6) is 0.488. The van der Waals surface area contributed by atoms with Crippen LogP contribution in [0.5, 0.6) is 5.75 Å². The fraction of sp³-hybridized carbons (Fsp3) is 0.429. The van der Waals surface area contributed by atoms with Crippen LogP contribution in [0, 0.1) is 11.3 Å². The second-order valence-electron chi connectivity index (χ2n) is 3.80. The number of aldehydes is 1. The van der Waals surface area contributed by atoms with E-state index in [-0.39, 0.29) is 0 Å². The fourth-order valence-electron chi connectivity index (χ4n) is 1.39. The predicted molar refractivity (Wildman–Crippen MR) is 67.8 cm³/mol. The summed E-state index contributed by atoms with van der Waals surface area (Å²) < 4.78 is 10.8. The lowest BCUT2D eigenvalue weighted by molar-refractivity contribution is 0.0979. The van der Waals surface area contributed by atoms with Gasteiger partial charge in [-0.3, -0.25) is 4.79 Å². The normalized spacial score (nSPS) is 9.78. The third-order valence-corrected chi connectivity index (χ3v) is 2.39. The molecule has 0 N–H and O–H groups in total. The van der Waals surface area contributed by atoms with Crippen molar-refractivity contribution in [3.63, 3.8) is 0 Å². The van der Waals surface area contributed by atoms with E-state index in [1.165, 1.54) is 6.07 Å². The zero-order valence-corrected chi connectivity index (χ0v) is 10.5. The van der Waals surface area contributed by atoms with Gasteiger partial charge >= 0.3 is 0 Å². The van der Waals surface area contributed by atoms with E-state index in [1.807, 2.05) is 6.07 Å². The fourth-order valence-corrected chi connectivity index (χ4v) is 1.39. The minimum Gasteiger partial charge on any atom is -0.490 e. The summed E-state index contributed by atoms with van der Waals surface area (Å²) in [5.41, 5.74) is 0.839. The van der Waals surface area contributed by atoms with Gasteiger partial charge in [-0.1, -0.05) is 13.3 Å². The number of benzene rings is 1. The third kappa shape index (κ3) is 4.56. The quantitative estimate of drug-likeness (QED) is 0.523. The van der Waals surface area contributed by atoms with Crippen LogP contribution in [-0.2, 0) is 4.74 Å². The lowest BCUT2D eigenvalue weighted by Crippen LogP contribution is -2.08. The van der Waals surface area contributed by atoms with E-state index in [2.05, 4.69) is 6.92 Å². The molecule has 0 aromatic heterocycles. The maximum atomic E-state index is 10.6. The van der Waals surface area contributed by atoms with Gasteiger partial charge in [0.15, 0.2) is 0 Å². The molecule has 0 aliphatic rings. The molecule has 0 atom stereocenters. The summed E-state index contributed by atoms with van der Waals surface area (Å²) in [6, 6.07) is 6.78. The number of carbonyl (C=O) groups is 1. The Balaban J connectivity index is 2.42. The van der Waals surface area contributed by atoms with E-state index in [1.54, 1.807) is 12.1 Å². The van der Waals surface area contributed by atoms with Gasteiger partial charge in [-0.05, 0) is 24.6 Å². The summed E-state index contributed by atoms with van der Waals surface area (Å²) >= 11 is 0. The predicted octanol–water partition coefficient (Wildman–Crippen LogP) is 2.57. The van der Waals surface area contributed by atoms with E-state index in [0.717, 1.165) is 19.4 Å². The maximum Gasteiger partial charge on any atom is 0.150 e. The van der Waals surface area contributed by atoms with Gasteiger partial charge in [0, 0.05) is 12.2 Å². The average Bonchev–Trinajstić information content (AvgIpc) is 2.42. The Morgan fingerprint density at radius 3 is 2.83 bits per heavy atom. The molecule has 18 heavy (non-hydrogen) atoms. The van der Waals surface area contributed by atoms with E-state index in [4.69, 9.17) is 14.7 Å². The molecule has 4 nitrogen and oxygen atoms in total. The van der Waals surface area contributed by atoms with E-state index in [9.17, 15) is 4.79 Å². The van der Waals surface area contributed by atoms with E-state index >= 15 is 0 Å². The SMILES string of the molecule is CCCCOCCOc1ccc(C=O)cc1C#N. The first kappa shape index (κ1) is 14.2. The molecule has 1 aromatic rings. The first-order valence-electron chi connectivity index (χ1n) is 6.01. The highest BCUT2D eigenvalue weighted by atomic mass is 16.5. The molecule has 0 aliphatic heterocycles. The van der Waals surface area contributed by atoms with Gasteiger partial charge < -0.3 is 9.47 Å². The molecule has 0 amide bonds. The lowest BCUT2D eigenvalue weighted by Gasteiger charge is -2.08. The van der Waals surface area contributed by atoms with Gasteiger partial charge in [0.25, 0.3) is 0 Å². The molecule has 1 rings (SSSR count). The van der Waals surface area contributed by atoms with Crippen molar-refractivity contribution in [3.05, 3.63) is 29.3 Å². The van der Waals surface area contributed by atoms with Crippen molar-refractivity contribution >= 4 is 6.29 Å². The molecule has 0 aliphatic carbocycles. The molecular formula is C14H17NO3. The molecule has 0 saturated heterocycles. The molecule has 0 heterocycles. The van der Waals surface area contributed by atoms with Crippen LogP contribution < -0.4 is 4.74 Å². The van der Waals surface area contributed by atoms with Crippen molar-refractivity contribution in [1.29, 1.82) is 5.26 Å². The summed E-state index contributed by atoms with van der Waals surface area (Å²) in [6.45, 7) is 3.74. The van der Waals surface area contributed by atoms with Gasteiger partial charge in [0.2, 0.25) is 0 Å². The number of nitrogens with zero attached hydrogens (tertiary/aromatic N) is 1. The molecule has 0 spiro atoms. The van der Waals surface area contributed by atoms with Gasteiger partial charge in [0.1, 0.15) is 24.7 Å². The maximum absolute atomic E-state index is 10.6. The van der Waals surface area contributed by atoms with Crippen molar-refractivity contribution < 1.29 is 14.3 Å². The zero-order chi connectivity index (χ0) is 13.2. The number of hydrogen-bond acceptors (Lipinski definition) is 4. The molecule has 0 radical (unpaired) electrons. The molecule has 0 fully saturated rings. The first-order valence-corrected chi connectivity index (χ1v) is 6.01. The number of unbranched alkanes of at least 4 members (excludes halogenated alkanes) is 1. The average molecular weight is 247 g/mol. The highest BCUT2D eigenvalue weighted by Gasteiger charge is 2.04. The van der Waals surface area contributed by atoms with Crippen molar-refractivity contribution in [1.82, 2.24) is 0 Å². The molecule has 0 saturated carbocycles. The van der Waals surface area contributed by atoms with E-state index < -0.39 is 0 Å². The molecular weight excluding hydrogens is 230 g/mol. The molecule has 0 bridgehead atoms. The zero-order valence-electron chi connectivity index (χ0n) is 10.5. The van der Waals surface area contributed by atoms with Crippen molar-refractivity contribution in [2.45, 2.75) is 19.8 Å². The van der Waals surface area contributed by atoms with Gasteiger partial charge in [0.05, 0.1) is 12.2 Å². The van der Waals surface area contributed by atoms with Crippen LogP contribution in [0.25, 0.3) is 0 Å². The number of hydrogen-bond donors (Lipinski definition) is 0. The smallest absolute Gasteiger partial charge is 0.150 e. The Morgan fingerprint density at radius 2 is 2.17 bits per heavy atom. The second kappa shape index (κ2) is 8.26. The van der Waals surface area contributed by atoms with Crippen molar-refractivity contribution in [3.8, 4) is 11.8 Å². The number of nitriles is 1. The third-order valence-electron chi connectivity index (χ3n) is 2.39. The Bertz CT molecular complexity index is 424. The standard InChI is InChI=1S/C14H17NO3/c1-2-3-6-17-7-8-18-14-5-4-12(11-16)9-13(14)10-15/h4-5,9,11H,2-3,6-8H2,1H3. The monoisotopic (exact) mass is 247 g/mol. The van der Waals surface area contributed by atoms with E-state index in [0.29, 0.717) is 36.4 Å². The topological polar surface area (TPSA) is 59.3 Å². The van der Waals surface area contributed by atoms with Crippen molar-refractivity contribution in [2.75, 3.05) is 19.8 Å². The van der Waals surface area contributed by atoms with Crippen LogP contribution in [0.15, 0.2) is 18.2 Å². The minimum atomic E-state index is 0.369. The summed E-state index contributed by atoms with van der Waals surface area (Å²) in [5, 5.41) is 8.93. The molecule has 4 heteroatoms. The largest absolute Gasteiger partial charge is 0.490 e. The highest BCUT2D eigenvalue weighted by molar-refractivity contribution is 5.76. The summed E-state index contributed by atoms with van der Waals surface area (Å²) in [6.07, 6.45) is 2.85. The van der Waals surface area contributed by atoms with Crippen LogP contribution in [0.3, 0.4) is 0 Å². The Labute approximate surface area is 107 Å². The molecule has 96 valence electrons. The number of rotatable bonds is 8. The number of carbonyl (C=O) groups excluding carboxylic acids is 1. The van der Waals surface area contributed by atoms with Crippen LogP contribution >= 0.6 is 0 Å². The van der Waals surface area contributed by atoms with Gasteiger partial charge in [-0.15, -0.1) is 0 Å². The van der Waals surface area contributed by atoms with Crippen LogP contribution in [0.4, 0.5) is 0 Å². The van der Waals surface area contributed by atoms with Crippen LogP contribution in [-0.4, -0.2) is 26.1 Å². The molecule has 0 unspecified atom stereocenters.